The van der Waals surface area contributed by atoms with Gasteiger partial charge in [0.2, 0.25) is 0 Å². The molecular weight excluding hydrogens is 275 g/mol. The van der Waals surface area contributed by atoms with Gasteiger partial charge in [0, 0.05) is 18.3 Å². The van der Waals surface area contributed by atoms with Crippen molar-refractivity contribution in [3.8, 4) is 0 Å². The summed E-state index contributed by atoms with van der Waals surface area (Å²) in [7, 11) is 0. The van der Waals surface area contributed by atoms with Crippen LogP contribution < -0.4 is 4.90 Å². The third kappa shape index (κ3) is 2.35. The van der Waals surface area contributed by atoms with Crippen LogP contribution in [0.4, 0.5) is 10.2 Å². The molecule has 0 atom stereocenters. The van der Waals surface area contributed by atoms with E-state index in [0.717, 1.165) is 0 Å². The third-order valence-electron chi connectivity index (χ3n) is 3.42. The number of halogens is 1. The number of carbonyl (C=O) groups is 2. The van der Waals surface area contributed by atoms with E-state index >= 15 is 0 Å². The second-order valence-corrected chi connectivity index (χ2v) is 4.72. The Morgan fingerprint density at radius 1 is 1.29 bits per heavy atom. The van der Waals surface area contributed by atoms with Crippen molar-refractivity contribution in [1.82, 2.24) is 4.98 Å². The highest BCUT2D eigenvalue weighted by molar-refractivity contribution is 6.07. The molecule has 1 aliphatic rings. The zero-order chi connectivity index (χ0) is 15.0. The van der Waals surface area contributed by atoms with E-state index in [9.17, 15) is 14.0 Å². The van der Waals surface area contributed by atoms with Gasteiger partial charge in [0.25, 0.3) is 5.91 Å². The lowest BCUT2D eigenvalue weighted by Gasteiger charge is -2.27. The number of hydrogen-bond donors (Lipinski definition) is 1. The Balaban J connectivity index is 1.92. The number of pyridine rings is 1. The van der Waals surface area contributed by atoms with Crippen LogP contribution in [-0.2, 0) is 6.42 Å². The number of carboxylic acids is 1. The lowest BCUT2D eigenvalue weighted by molar-refractivity contribution is 0.0696. The quantitative estimate of drug-likeness (QED) is 0.918. The number of carboxylic acid groups (broad SMARTS) is 1. The molecule has 3 rings (SSSR count). The van der Waals surface area contributed by atoms with Crippen molar-refractivity contribution in [2.75, 3.05) is 11.4 Å². The molecule has 1 amide bonds. The number of amides is 1. The summed E-state index contributed by atoms with van der Waals surface area (Å²) in [6, 6.07) is 6.98. The van der Waals surface area contributed by atoms with E-state index in [1.807, 2.05) is 0 Å². The van der Waals surface area contributed by atoms with Crippen LogP contribution in [0.25, 0.3) is 0 Å². The summed E-state index contributed by atoms with van der Waals surface area (Å²) in [6.07, 6.45) is 1.74. The second kappa shape index (κ2) is 4.97. The number of aromatic nitrogens is 1. The SMILES string of the molecule is O=C(O)c1ccc(N2CCc3cc(F)ccc3C2=O)nc1. The van der Waals surface area contributed by atoms with Gasteiger partial charge in [-0.05, 0) is 42.3 Å². The number of anilines is 1. The van der Waals surface area contributed by atoms with E-state index in [1.165, 1.54) is 41.4 Å². The molecule has 2 heterocycles. The molecule has 106 valence electrons. The molecule has 2 aromatic rings. The minimum absolute atomic E-state index is 0.0608. The van der Waals surface area contributed by atoms with Crippen LogP contribution in [0, 0.1) is 5.82 Å². The first-order valence-corrected chi connectivity index (χ1v) is 6.36. The molecule has 0 radical (unpaired) electrons. The Kier molecular flexibility index (Phi) is 3.13. The summed E-state index contributed by atoms with van der Waals surface area (Å²) >= 11 is 0. The number of benzene rings is 1. The Hall–Kier alpha value is -2.76. The zero-order valence-electron chi connectivity index (χ0n) is 10.9. The predicted octanol–water partition coefficient (Wildman–Crippen LogP) is 2.12. The van der Waals surface area contributed by atoms with Gasteiger partial charge in [0.05, 0.1) is 5.56 Å². The summed E-state index contributed by atoms with van der Waals surface area (Å²) < 4.78 is 13.2. The lowest BCUT2D eigenvalue weighted by Crippen LogP contribution is -2.38. The van der Waals surface area contributed by atoms with Crippen LogP contribution in [0.1, 0.15) is 26.3 Å². The average Bonchev–Trinajstić information content (AvgIpc) is 2.47. The standard InChI is InChI=1S/C15H11FN2O3/c16-11-2-3-12-9(7-11)5-6-18(14(12)19)13-4-1-10(8-17-13)15(20)21/h1-4,7-8H,5-6H2,(H,20,21). The maximum atomic E-state index is 13.2. The van der Waals surface area contributed by atoms with Gasteiger partial charge >= 0.3 is 5.97 Å². The van der Waals surface area contributed by atoms with Crippen LogP contribution in [0.15, 0.2) is 36.5 Å². The van der Waals surface area contributed by atoms with Crippen molar-refractivity contribution >= 4 is 17.7 Å². The van der Waals surface area contributed by atoms with Crippen molar-refractivity contribution in [2.24, 2.45) is 0 Å². The first-order valence-electron chi connectivity index (χ1n) is 6.36. The van der Waals surface area contributed by atoms with Gasteiger partial charge in [-0.25, -0.2) is 14.2 Å². The summed E-state index contributed by atoms with van der Waals surface area (Å²) in [5.41, 5.74) is 1.19. The van der Waals surface area contributed by atoms with Crippen LogP contribution in [0.2, 0.25) is 0 Å². The smallest absolute Gasteiger partial charge is 0.337 e. The normalized spacial score (nSPS) is 14.0. The van der Waals surface area contributed by atoms with Crippen molar-refractivity contribution in [3.63, 3.8) is 0 Å². The van der Waals surface area contributed by atoms with Gasteiger partial charge in [-0.1, -0.05) is 0 Å². The number of aromatic carboxylic acids is 1. The topological polar surface area (TPSA) is 70.5 Å². The average molecular weight is 286 g/mol. The summed E-state index contributed by atoms with van der Waals surface area (Å²) in [5, 5.41) is 8.84. The third-order valence-corrected chi connectivity index (χ3v) is 3.42. The van der Waals surface area contributed by atoms with Crippen LogP contribution >= 0.6 is 0 Å². The largest absolute Gasteiger partial charge is 0.478 e. The minimum Gasteiger partial charge on any atom is -0.478 e. The molecule has 1 aromatic heterocycles. The number of hydrogen-bond acceptors (Lipinski definition) is 3. The fourth-order valence-electron chi connectivity index (χ4n) is 2.35. The number of nitrogens with zero attached hydrogens (tertiary/aromatic N) is 2. The van der Waals surface area contributed by atoms with Crippen molar-refractivity contribution in [3.05, 3.63) is 59.0 Å². The van der Waals surface area contributed by atoms with Gasteiger partial charge in [-0.15, -0.1) is 0 Å². The molecular formula is C15H11FN2O3. The van der Waals surface area contributed by atoms with E-state index < -0.39 is 5.97 Å². The van der Waals surface area contributed by atoms with Crippen molar-refractivity contribution < 1.29 is 19.1 Å². The van der Waals surface area contributed by atoms with E-state index in [2.05, 4.69) is 4.98 Å². The maximum absolute atomic E-state index is 13.2. The molecule has 0 aliphatic carbocycles. The fourth-order valence-corrected chi connectivity index (χ4v) is 2.35. The molecule has 5 nitrogen and oxygen atoms in total. The second-order valence-electron chi connectivity index (χ2n) is 4.72. The van der Waals surface area contributed by atoms with E-state index in [4.69, 9.17) is 5.11 Å². The molecule has 0 bridgehead atoms. The molecule has 0 saturated carbocycles. The molecule has 1 aromatic carbocycles. The molecule has 0 fully saturated rings. The Labute approximate surface area is 119 Å². The van der Waals surface area contributed by atoms with Gasteiger partial charge in [0.1, 0.15) is 11.6 Å². The Bertz CT molecular complexity index is 728. The molecule has 1 N–H and O–H groups in total. The minimum atomic E-state index is -1.07. The summed E-state index contributed by atoms with van der Waals surface area (Å²) in [6.45, 7) is 0.384. The lowest BCUT2D eigenvalue weighted by atomic mass is 9.99. The summed E-state index contributed by atoms with van der Waals surface area (Å²) in [5.74, 6) is -1.30. The monoisotopic (exact) mass is 286 g/mol. The molecule has 6 heteroatoms. The number of rotatable bonds is 2. The molecule has 0 saturated heterocycles. The van der Waals surface area contributed by atoms with Gasteiger partial charge in [-0.3, -0.25) is 9.69 Å². The highest BCUT2D eigenvalue weighted by atomic mass is 19.1. The zero-order valence-corrected chi connectivity index (χ0v) is 10.9. The van der Waals surface area contributed by atoms with Crippen LogP contribution in [0.5, 0.6) is 0 Å². The molecule has 1 aliphatic heterocycles. The van der Waals surface area contributed by atoms with Gasteiger partial charge < -0.3 is 5.11 Å². The van der Waals surface area contributed by atoms with Crippen molar-refractivity contribution in [1.29, 1.82) is 0 Å². The first-order chi connectivity index (χ1) is 10.1. The van der Waals surface area contributed by atoms with E-state index in [-0.39, 0.29) is 17.3 Å². The number of carbonyl (C=O) groups excluding carboxylic acids is 1. The Morgan fingerprint density at radius 3 is 2.76 bits per heavy atom. The highest BCUT2D eigenvalue weighted by Gasteiger charge is 2.26. The highest BCUT2D eigenvalue weighted by Crippen LogP contribution is 2.24. The first kappa shape index (κ1) is 13.2. The van der Waals surface area contributed by atoms with E-state index in [1.54, 1.807) is 0 Å². The van der Waals surface area contributed by atoms with Gasteiger partial charge in [-0.2, -0.15) is 0 Å². The molecule has 0 unspecified atom stereocenters. The predicted molar refractivity (Wildman–Crippen MR) is 73.0 cm³/mol. The molecule has 0 spiro atoms. The van der Waals surface area contributed by atoms with Crippen LogP contribution in [-0.4, -0.2) is 28.5 Å². The van der Waals surface area contributed by atoms with Crippen molar-refractivity contribution in [2.45, 2.75) is 6.42 Å². The van der Waals surface area contributed by atoms with E-state index in [0.29, 0.717) is 29.9 Å². The Morgan fingerprint density at radius 2 is 2.10 bits per heavy atom. The summed E-state index contributed by atoms with van der Waals surface area (Å²) in [4.78, 5) is 28.7. The van der Waals surface area contributed by atoms with Crippen LogP contribution in [0.3, 0.4) is 0 Å². The fraction of sp³-hybridized carbons (Fsp3) is 0.133. The number of fused-ring (bicyclic) bond motifs is 1. The van der Waals surface area contributed by atoms with Gasteiger partial charge in [0.15, 0.2) is 0 Å². The maximum Gasteiger partial charge on any atom is 0.337 e. The molecule has 21 heavy (non-hydrogen) atoms.